The summed E-state index contributed by atoms with van der Waals surface area (Å²) >= 11 is 12.4. The molecule has 0 aliphatic heterocycles. The van der Waals surface area contributed by atoms with Gasteiger partial charge in [0.15, 0.2) is 0 Å². The Labute approximate surface area is 182 Å². The lowest BCUT2D eigenvalue weighted by Gasteiger charge is -2.13. The molecule has 0 fully saturated rings. The molecule has 4 aromatic carbocycles. The summed E-state index contributed by atoms with van der Waals surface area (Å²) in [6.45, 7) is 0. The second-order valence-electron chi connectivity index (χ2n) is 8.16. The van der Waals surface area contributed by atoms with Crippen LogP contribution >= 0.6 is 23.2 Å². The molecule has 0 amide bonds. The van der Waals surface area contributed by atoms with E-state index >= 15 is 0 Å². The van der Waals surface area contributed by atoms with E-state index in [1.54, 1.807) is 0 Å². The summed E-state index contributed by atoms with van der Waals surface area (Å²) in [6, 6.07) is 21.0. The minimum Gasteiger partial charge on any atom is -0.357 e. The fourth-order valence-electron chi connectivity index (χ4n) is 5.24. The zero-order valence-electron chi connectivity index (χ0n) is 15.9. The van der Waals surface area contributed by atoms with E-state index in [9.17, 15) is 0 Å². The largest absolute Gasteiger partial charge is 0.357 e. The minimum atomic E-state index is 0.767. The lowest BCUT2D eigenvalue weighted by molar-refractivity contribution is 0.919. The maximum absolute atomic E-state index is 6.22. The predicted octanol–water partition coefficient (Wildman–Crippen LogP) is 8.03. The highest BCUT2D eigenvalue weighted by Crippen LogP contribution is 2.44. The number of halogens is 2. The van der Waals surface area contributed by atoms with Gasteiger partial charge in [-0.15, -0.1) is 0 Å². The van der Waals surface area contributed by atoms with Crippen molar-refractivity contribution in [2.45, 2.75) is 12.8 Å². The van der Waals surface area contributed by atoms with Crippen LogP contribution in [0.2, 0.25) is 10.0 Å². The molecule has 0 radical (unpaired) electrons. The summed E-state index contributed by atoms with van der Waals surface area (Å²) in [7, 11) is 0. The first-order valence-electron chi connectivity index (χ1n) is 10.1. The third kappa shape index (κ3) is 2.15. The first-order valence-corrected chi connectivity index (χ1v) is 10.9. The van der Waals surface area contributed by atoms with E-state index in [1.807, 2.05) is 24.3 Å². The van der Waals surface area contributed by atoms with Gasteiger partial charge in [0.25, 0.3) is 0 Å². The quantitative estimate of drug-likeness (QED) is 0.246. The number of H-pyrrole nitrogens is 2. The molecule has 0 atom stereocenters. The van der Waals surface area contributed by atoms with Crippen molar-refractivity contribution >= 4 is 66.6 Å². The molecule has 0 unspecified atom stereocenters. The number of aromatic nitrogens is 2. The number of aryl methyl sites for hydroxylation is 2. The first kappa shape index (κ1) is 16.8. The summed E-state index contributed by atoms with van der Waals surface area (Å²) in [5.74, 6) is 0. The van der Waals surface area contributed by atoms with Crippen molar-refractivity contribution in [3.8, 4) is 11.3 Å². The van der Waals surface area contributed by atoms with Crippen molar-refractivity contribution in [3.63, 3.8) is 0 Å². The van der Waals surface area contributed by atoms with E-state index in [-0.39, 0.29) is 0 Å². The molecule has 2 nitrogen and oxygen atoms in total. The van der Waals surface area contributed by atoms with Gasteiger partial charge in [-0.3, -0.25) is 0 Å². The smallest absolute Gasteiger partial charge is 0.0542 e. The molecule has 4 heteroatoms. The lowest BCUT2D eigenvalue weighted by atomic mass is 9.91. The van der Waals surface area contributed by atoms with E-state index < -0.39 is 0 Å². The van der Waals surface area contributed by atoms with Crippen LogP contribution in [0.1, 0.15) is 11.3 Å². The monoisotopic (exact) mass is 426 g/mol. The maximum atomic E-state index is 6.22. The van der Waals surface area contributed by atoms with E-state index in [2.05, 4.69) is 46.4 Å². The van der Waals surface area contributed by atoms with Crippen molar-refractivity contribution in [1.82, 2.24) is 9.97 Å². The van der Waals surface area contributed by atoms with Crippen molar-refractivity contribution < 1.29 is 0 Å². The molecule has 0 bridgehead atoms. The standard InChI is InChI=1S/C26H16Cl2N2/c27-15-3-7-17-13(11-15)1-5-19-20-9-10-22-23(26(20)30-24(17)19)21-6-2-14-12-16(28)4-8-18(14)25(21)29-22/h1-8,11-12,29-30H,9-10H2. The van der Waals surface area contributed by atoms with Gasteiger partial charge in [-0.2, -0.15) is 0 Å². The summed E-state index contributed by atoms with van der Waals surface area (Å²) < 4.78 is 0. The normalized spacial score (nSPS) is 13.4. The van der Waals surface area contributed by atoms with Gasteiger partial charge in [0.2, 0.25) is 0 Å². The van der Waals surface area contributed by atoms with Crippen LogP contribution in [-0.4, -0.2) is 9.97 Å². The average molecular weight is 427 g/mol. The van der Waals surface area contributed by atoms with Crippen LogP contribution < -0.4 is 0 Å². The van der Waals surface area contributed by atoms with Gasteiger partial charge in [-0.1, -0.05) is 59.6 Å². The molecular formula is C26H16Cl2N2. The highest BCUT2D eigenvalue weighted by atomic mass is 35.5. The molecule has 1 aliphatic carbocycles. The van der Waals surface area contributed by atoms with Gasteiger partial charge in [-0.05, 0) is 53.4 Å². The Bertz CT molecular complexity index is 1670. The minimum absolute atomic E-state index is 0.767. The molecule has 2 N–H and O–H groups in total. The van der Waals surface area contributed by atoms with Crippen LogP contribution in [-0.2, 0) is 12.8 Å². The summed E-state index contributed by atoms with van der Waals surface area (Å²) in [5, 5.41) is 8.86. The number of aromatic amines is 2. The summed E-state index contributed by atoms with van der Waals surface area (Å²) in [6.07, 6.45) is 2.04. The van der Waals surface area contributed by atoms with Gasteiger partial charge in [0.05, 0.1) is 16.7 Å². The number of nitrogens with one attached hydrogen (secondary N) is 2. The number of hydrogen-bond acceptors (Lipinski definition) is 0. The third-order valence-electron chi connectivity index (χ3n) is 6.56. The van der Waals surface area contributed by atoms with E-state index in [1.165, 1.54) is 55.1 Å². The topological polar surface area (TPSA) is 31.6 Å². The van der Waals surface area contributed by atoms with E-state index in [4.69, 9.17) is 23.2 Å². The van der Waals surface area contributed by atoms with Crippen molar-refractivity contribution in [3.05, 3.63) is 82.0 Å². The Morgan fingerprint density at radius 2 is 1.20 bits per heavy atom. The SMILES string of the molecule is Clc1ccc2c(ccc3c4c([nH]c32)-c2c([nH]c3c2ccc2cc(Cl)ccc23)CC4)c1. The van der Waals surface area contributed by atoms with Gasteiger partial charge in [-0.25, -0.2) is 0 Å². The first-order chi connectivity index (χ1) is 14.7. The van der Waals surface area contributed by atoms with Crippen molar-refractivity contribution in [2.24, 2.45) is 0 Å². The Kier molecular flexibility index (Phi) is 3.26. The molecule has 6 aromatic rings. The number of fused-ring (bicyclic) bond motifs is 11. The molecule has 1 aliphatic rings. The zero-order chi connectivity index (χ0) is 20.0. The summed E-state index contributed by atoms with van der Waals surface area (Å²) in [4.78, 5) is 7.51. The van der Waals surface area contributed by atoms with Crippen molar-refractivity contribution in [1.29, 1.82) is 0 Å². The van der Waals surface area contributed by atoms with Gasteiger partial charge in [0, 0.05) is 42.8 Å². The number of rotatable bonds is 0. The molecule has 7 rings (SSSR count). The van der Waals surface area contributed by atoms with Crippen LogP contribution in [0.4, 0.5) is 0 Å². The van der Waals surface area contributed by atoms with Crippen LogP contribution in [0.3, 0.4) is 0 Å². The summed E-state index contributed by atoms with van der Waals surface area (Å²) in [5.41, 5.74) is 7.65. The molecule has 0 saturated carbocycles. The maximum Gasteiger partial charge on any atom is 0.0542 e. The highest BCUT2D eigenvalue weighted by molar-refractivity contribution is 6.32. The fourth-order valence-corrected chi connectivity index (χ4v) is 5.60. The molecule has 30 heavy (non-hydrogen) atoms. The molecule has 0 spiro atoms. The van der Waals surface area contributed by atoms with E-state index in [0.717, 1.165) is 33.7 Å². The fraction of sp³-hybridized carbons (Fsp3) is 0.0769. The number of benzene rings is 4. The predicted molar refractivity (Wildman–Crippen MR) is 128 cm³/mol. The van der Waals surface area contributed by atoms with Crippen LogP contribution in [0.5, 0.6) is 0 Å². The van der Waals surface area contributed by atoms with Gasteiger partial charge in [0.1, 0.15) is 0 Å². The second kappa shape index (κ2) is 5.81. The molecule has 2 aromatic heterocycles. The van der Waals surface area contributed by atoms with Crippen LogP contribution in [0.15, 0.2) is 60.7 Å². The lowest BCUT2D eigenvalue weighted by Crippen LogP contribution is -2.01. The molecule has 144 valence electrons. The molecule has 0 saturated heterocycles. The average Bonchev–Trinajstić information content (AvgIpc) is 3.31. The van der Waals surface area contributed by atoms with Crippen molar-refractivity contribution in [2.75, 3.05) is 0 Å². The van der Waals surface area contributed by atoms with Gasteiger partial charge >= 0.3 is 0 Å². The Morgan fingerprint density at radius 1 is 0.600 bits per heavy atom. The van der Waals surface area contributed by atoms with Gasteiger partial charge < -0.3 is 9.97 Å². The third-order valence-corrected chi connectivity index (χ3v) is 7.03. The molecular weight excluding hydrogens is 411 g/mol. The second-order valence-corrected chi connectivity index (χ2v) is 9.04. The Balaban J connectivity index is 1.58. The number of hydrogen-bond donors (Lipinski definition) is 2. The van der Waals surface area contributed by atoms with Crippen LogP contribution in [0.25, 0.3) is 54.6 Å². The highest BCUT2D eigenvalue weighted by Gasteiger charge is 2.25. The van der Waals surface area contributed by atoms with Crippen LogP contribution in [0, 0.1) is 0 Å². The molecule has 2 heterocycles. The zero-order valence-corrected chi connectivity index (χ0v) is 17.5. The Morgan fingerprint density at radius 3 is 1.90 bits per heavy atom. The Hall–Kier alpha value is -2.94. The van der Waals surface area contributed by atoms with E-state index in [0.29, 0.717) is 0 Å².